The average Bonchev–Trinajstić information content (AvgIpc) is 2.41. The number of benzene rings is 2. The van der Waals surface area contributed by atoms with E-state index in [0.717, 1.165) is 12.1 Å². The van der Waals surface area contributed by atoms with Crippen LogP contribution in [-0.2, 0) is 6.54 Å². The van der Waals surface area contributed by atoms with Crippen LogP contribution in [-0.4, -0.2) is 0 Å². The molecule has 1 nitrogen and oxygen atoms in total. The lowest BCUT2D eigenvalue weighted by Crippen LogP contribution is -2.19. The number of halogens is 1. The molecule has 0 bridgehead atoms. The number of hydrogen-bond acceptors (Lipinski definition) is 1. The van der Waals surface area contributed by atoms with E-state index in [1.807, 2.05) is 12.1 Å². The Kier molecular flexibility index (Phi) is 4.56. The topological polar surface area (TPSA) is 12.0 Å². The Hall–Kier alpha value is -1.67. The standard InChI is InChI=1S/C18H22FN/c1-12-6-5-7-13(2)17(12)11-20-15(4)16-9-8-14(3)18(19)10-16/h5-10,15,20H,11H2,1-4H3. The molecule has 2 aromatic carbocycles. The first kappa shape index (κ1) is 14.7. The molecule has 2 aromatic rings. The maximum Gasteiger partial charge on any atom is 0.126 e. The van der Waals surface area contributed by atoms with E-state index >= 15 is 0 Å². The van der Waals surface area contributed by atoms with Gasteiger partial charge >= 0.3 is 0 Å². The molecular formula is C18H22FN. The van der Waals surface area contributed by atoms with Gasteiger partial charge in [-0.1, -0.05) is 30.3 Å². The van der Waals surface area contributed by atoms with Crippen LogP contribution in [0.5, 0.6) is 0 Å². The highest BCUT2D eigenvalue weighted by Crippen LogP contribution is 2.18. The molecule has 1 N–H and O–H groups in total. The predicted molar refractivity (Wildman–Crippen MR) is 82.3 cm³/mol. The Labute approximate surface area is 120 Å². The highest BCUT2D eigenvalue weighted by molar-refractivity contribution is 5.33. The summed E-state index contributed by atoms with van der Waals surface area (Å²) in [6.07, 6.45) is 0. The lowest BCUT2D eigenvalue weighted by molar-refractivity contribution is 0.561. The van der Waals surface area contributed by atoms with Crippen molar-refractivity contribution in [3.63, 3.8) is 0 Å². The molecule has 0 heterocycles. The van der Waals surface area contributed by atoms with E-state index in [0.29, 0.717) is 5.56 Å². The molecule has 1 unspecified atom stereocenters. The first-order chi connectivity index (χ1) is 9.49. The molecule has 0 aliphatic heterocycles. The zero-order valence-corrected chi connectivity index (χ0v) is 12.6. The fraction of sp³-hybridized carbons (Fsp3) is 0.333. The molecule has 0 saturated heterocycles. The SMILES string of the molecule is Cc1ccc(C(C)NCc2c(C)cccc2C)cc1F. The second kappa shape index (κ2) is 6.19. The summed E-state index contributed by atoms with van der Waals surface area (Å²) in [7, 11) is 0. The Balaban J connectivity index is 2.08. The summed E-state index contributed by atoms with van der Waals surface area (Å²) in [5, 5.41) is 3.48. The third-order valence-electron chi connectivity index (χ3n) is 3.93. The van der Waals surface area contributed by atoms with Crippen LogP contribution in [0.2, 0.25) is 0 Å². The second-order valence-electron chi connectivity index (χ2n) is 5.48. The molecule has 106 valence electrons. The van der Waals surface area contributed by atoms with Crippen LogP contribution in [0.25, 0.3) is 0 Å². The highest BCUT2D eigenvalue weighted by atomic mass is 19.1. The van der Waals surface area contributed by atoms with Crippen molar-refractivity contribution in [1.82, 2.24) is 5.32 Å². The summed E-state index contributed by atoms with van der Waals surface area (Å²) >= 11 is 0. The van der Waals surface area contributed by atoms with E-state index in [-0.39, 0.29) is 11.9 Å². The van der Waals surface area contributed by atoms with Crippen LogP contribution in [0, 0.1) is 26.6 Å². The van der Waals surface area contributed by atoms with Crippen molar-refractivity contribution in [1.29, 1.82) is 0 Å². The summed E-state index contributed by atoms with van der Waals surface area (Å²) in [5.74, 6) is -0.136. The Bertz CT molecular complexity index is 584. The molecule has 0 radical (unpaired) electrons. The molecule has 0 fully saturated rings. The van der Waals surface area contributed by atoms with Gasteiger partial charge in [0, 0.05) is 12.6 Å². The third kappa shape index (κ3) is 3.26. The third-order valence-corrected chi connectivity index (χ3v) is 3.93. The van der Waals surface area contributed by atoms with Crippen LogP contribution < -0.4 is 5.32 Å². The molecule has 2 heteroatoms. The summed E-state index contributed by atoms with van der Waals surface area (Å²) in [5.41, 5.74) is 5.58. The quantitative estimate of drug-likeness (QED) is 0.856. The molecule has 0 aliphatic carbocycles. The highest BCUT2D eigenvalue weighted by Gasteiger charge is 2.09. The summed E-state index contributed by atoms with van der Waals surface area (Å²) < 4.78 is 13.6. The molecule has 0 amide bonds. The van der Waals surface area contributed by atoms with Crippen LogP contribution in [0.15, 0.2) is 36.4 Å². The second-order valence-corrected chi connectivity index (χ2v) is 5.48. The maximum atomic E-state index is 13.6. The molecule has 0 aromatic heterocycles. The van der Waals surface area contributed by atoms with Crippen molar-refractivity contribution in [3.8, 4) is 0 Å². The Morgan fingerprint density at radius 3 is 2.25 bits per heavy atom. The summed E-state index contributed by atoms with van der Waals surface area (Å²) in [6.45, 7) is 8.90. The van der Waals surface area contributed by atoms with Crippen LogP contribution in [0.4, 0.5) is 4.39 Å². The molecule has 2 rings (SSSR count). The average molecular weight is 271 g/mol. The smallest absolute Gasteiger partial charge is 0.126 e. The Morgan fingerprint density at radius 1 is 1.00 bits per heavy atom. The van der Waals surface area contributed by atoms with Crippen molar-refractivity contribution in [2.24, 2.45) is 0 Å². The van der Waals surface area contributed by atoms with E-state index in [1.165, 1.54) is 16.7 Å². The molecule has 0 saturated carbocycles. The molecule has 1 atom stereocenters. The number of rotatable bonds is 4. The fourth-order valence-electron chi connectivity index (χ4n) is 2.38. The van der Waals surface area contributed by atoms with Crippen LogP contribution in [0.3, 0.4) is 0 Å². The van der Waals surface area contributed by atoms with Gasteiger partial charge in [0.15, 0.2) is 0 Å². The zero-order valence-electron chi connectivity index (χ0n) is 12.6. The van der Waals surface area contributed by atoms with Gasteiger partial charge in [0.1, 0.15) is 5.82 Å². The minimum Gasteiger partial charge on any atom is -0.306 e. The van der Waals surface area contributed by atoms with Gasteiger partial charge in [-0.05, 0) is 61.6 Å². The summed E-state index contributed by atoms with van der Waals surface area (Å²) in [4.78, 5) is 0. The minimum atomic E-state index is -0.136. The molecule has 20 heavy (non-hydrogen) atoms. The first-order valence-corrected chi connectivity index (χ1v) is 7.03. The van der Waals surface area contributed by atoms with E-state index < -0.39 is 0 Å². The van der Waals surface area contributed by atoms with Gasteiger partial charge in [-0.25, -0.2) is 4.39 Å². The lowest BCUT2D eigenvalue weighted by atomic mass is 10.0. The van der Waals surface area contributed by atoms with Crippen molar-refractivity contribution < 1.29 is 4.39 Å². The normalized spacial score (nSPS) is 12.4. The van der Waals surface area contributed by atoms with Crippen molar-refractivity contribution in [2.75, 3.05) is 0 Å². The molecule has 0 spiro atoms. The van der Waals surface area contributed by atoms with Gasteiger partial charge in [-0.2, -0.15) is 0 Å². The van der Waals surface area contributed by atoms with Gasteiger partial charge in [0.2, 0.25) is 0 Å². The molecular weight excluding hydrogens is 249 g/mol. The van der Waals surface area contributed by atoms with Crippen molar-refractivity contribution in [3.05, 3.63) is 70.0 Å². The zero-order chi connectivity index (χ0) is 14.7. The van der Waals surface area contributed by atoms with Gasteiger partial charge in [-0.15, -0.1) is 0 Å². The lowest BCUT2D eigenvalue weighted by Gasteiger charge is -2.17. The fourth-order valence-corrected chi connectivity index (χ4v) is 2.38. The minimum absolute atomic E-state index is 0.129. The van der Waals surface area contributed by atoms with Gasteiger partial charge in [-0.3, -0.25) is 0 Å². The maximum absolute atomic E-state index is 13.6. The first-order valence-electron chi connectivity index (χ1n) is 7.03. The van der Waals surface area contributed by atoms with Crippen LogP contribution >= 0.6 is 0 Å². The van der Waals surface area contributed by atoms with Gasteiger partial charge in [0.25, 0.3) is 0 Å². The van der Waals surface area contributed by atoms with Crippen molar-refractivity contribution in [2.45, 2.75) is 40.3 Å². The van der Waals surface area contributed by atoms with E-state index in [9.17, 15) is 4.39 Å². The van der Waals surface area contributed by atoms with E-state index in [4.69, 9.17) is 0 Å². The largest absolute Gasteiger partial charge is 0.306 e. The van der Waals surface area contributed by atoms with Crippen LogP contribution in [0.1, 0.15) is 40.8 Å². The van der Waals surface area contributed by atoms with E-state index in [1.54, 1.807) is 13.0 Å². The molecule has 0 aliphatic rings. The summed E-state index contributed by atoms with van der Waals surface area (Å²) in [6, 6.07) is 11.9. The number of nitrogens with one attached hydrogen (secondary N) is 1. The van der Waals surface area contributed by atoms with Gasteiger partial charge in [0.05, 0.1) is 0 Å². The monoisotopic (exact) mass is 271 g/mol. The van der Waals surface area contributed by atoms with Gasteiger partial charge < -0.3 is 5.32 Å². The van der Waals surface area contributed by atoms with Crippen molar-refractivity contribution >= 4 is 0 Å². The number of aryl methyl sites for hydroxylation is 3. The van der Waals surface area contributed by atoms with E-state index in [2.05, 4.69) is 44.3 Å². The predicted octanol–water partition coefficient (Wildman–Crippen LogP) is 4.60. The number of hydrogen-bond donors (Lipinski definition) is 1. The Morgan fingerprint density at radius 2 is 1.65 bits per heavy atom.